The number of hydrogen-bond acceptors (Lipinski definition) is 4. The van der Waals surface area contributed by atoms with Crippen molar-refractivity contribution in [1.29, 1.82) is 0 Å². The predicted molar refractivity (Wildman–Crippen MR) is 114 cm³/mol. The summed E-state index contributed by atoms with van der Waals surface area (Å²) in [6, 6.07) is 18.7. The van der Waals surface area contributed by atoms with Gasteiger partial charge in [0, 0.05) is 38.6 Å². The number of amides is 1. The molecule has 1 aliphatic heterocycles. The van der Waals surface area contributed by atoms with Gasteiger partial charge in [0.2, 0.25) is 15.9 Å². The van der Waals surface area contributed by atoms with Gasteiger partial charge in [-0.2, -0.15) is 4.31 Å². The summed E-state index contributed by atoms with van der Waals surface area (Å²) in [6.07, 6.45) is 0.959. The molecule has 0 spiro atoms. The number of nitrogens with one attached hydrogen (secondary N) is 1. The van der Waals surface area contributed by atoms with E-state index in [-0.39, 0.29) is 5.91 Å². The Labute approximate surface area is 173 Å². The number of carbonyl (C=O) groups is 1. The Hall–Kier alpha value is -2.22. The minimum absolute atomic E-state index is 0.0150. The number of carbonyl (C=O) groups excluding carboxylic acids is 1. The van der Waals surface area contributed by atoms with Gasteiger partial charge in [0.15, 0.2) is 0 Å². The van der Waals surface area contributed by atoms with Gasteiger partial charge >= 0.3 is 0 Å². The second kappa shape index (κ2) is 10.0. The van der Waals surface area contributed by atoms with Crippen LogP contribution in [0.2, 0.25) is 0 Å². The van der Waals surface area contributed by atoms with Gasteiger partial charge in [-0.3, -0.25) is 9.69 Å². The standard InChI is InChI=1S/C22H29N3O3S/c1-2-19(20-9-5-3-6-10-20)17-23-22(26)18-24-13-15-25(16-14-24)29(27,28)21-11-7-4-8-12-21/h3-12,19H,2,13-18H2,1H3,(H,23,26)/t19-/m1/s1. The first-order chi connectivity index (χ1) is 14.0. The molecule has 1 fully saturated rings. The fraction of sp³-hybridized carbons (Fsp3) is 0.409. The molecule has 1 heterocycles. The van der Waals surface area contributed by atoms with Gasteiger partial charge < -0.3 is 5.32 Å². The molecule has 7 heteroatoms. The molecule has 2 aromatic rings. The molecule has 1 atom stereocenters. The fourth-order valence-electron chi connectivity index (χ4n) is 3.59. The van der Waals surface area contributed by atoms with E-state index < -0.39 is 10.0 Å². The van der Waals surface area contributed by atoms with Crippen molar-refractivity contribution < 1.29 is 13.2 Å². The molecule has 0 aromatic heterocycles. The van der Waals surface area contributed by atoms with E-state index in [1.165, 1.54) is 9.87 Å². The van der Waals surface area contributed by atoms with E-state index in [1.807, 2.05) is 23.1 Å². The zero-order valence-electron chi connectivity index (χ0n) is 16.8. The van der Waals surface area contributed by atoms with Crippen LogP contribution in [0.15, 0.2) is 65.6 Å². The largest absolute Gasteiger partial charge is 0.354 e. The lowest BCUT2D eigenvalue weighted by atomic mass is 9.96. The van der Waals surface area contributed by atoms with Gasteiger partial charge in [-0.05, 0) is 24.1 Å². The van der Waals surface area contributed by atoms with E-state index in [4.69, 9.17) is 0 Å². The highest BCUT2D eigenvalue weighted by atomic mass is 32.2. The van der Waals surface area contributed by atoms with E-state index in [2.05, 4.69) is 24.4 Å². The molecule has 29 heavy (non-hydrogen) atoms. The number of benzene rings is 2. The average molecular weight is 416 g/mol. The lowest BCUT2D eigenvalue weighted by molar-refractivity contribution is -0.122. The van der Waals surface area contributed by atoms with Crippen LogP contribution < -0.4 is 5.32 Å². The lowest BCUT2D eigenvalue weighted by Crippen LogP contribution is -2.51. The second-order valence-electron chi connectivity index (χ2n) is 7.31. The minimum Gasteiger partial charge on any atom is -0.354 e. The Morgan fingerprint density at radius 1 is 0.966 bits per heavy atom. The number of rotatable bonds is 8. The molecule has 1 saturated heterocycles. The van der Waals surface area contributed by atoms with Crippen molar-refractivity contribution in [3.8, 4) is 0 Å². The summed E-state index contributed by atoms with van der Waals surface area (Å²) in [5, 5.41) is 3.03. The van der Waals surface area contributed by atoms with Crippen LogP contribution in [0.5, 0.6) is 0 Å². The van der Waals surface area contributed by atoms with Crippen molar-refractivity contribution in [2.45, 2.75) is 24.2 Å². The minimum atomic E-state index is -3.46. The van der Waals surface area contributed by atoms with Gasteiger partial charge in [0.25, 0.3) is 0 Å². The average Bonchev–Trinajstić information content (AvgIpc) is 2.76. The maximum absolute atomic E-state index is 12.7. The number of hydrogen-bond donors (Lipinski definition) is 1. The second-order valence-corrected chi connectivity index (χ2v) is 9.25. The van der Waals surface area contributed by atoms with Gasteiger partial charge in [0.05, 0.1) is 11.4 Å². The molecule has 156 valence electrons. The van der Waals surface area contributed by atoms with Crippen LogP contribution in [-0.4, -0.2) is 62.8 Å². The Morgan fingerprint density at radius 2 is 1.55 bits per heavy atom. The highest BCUT2D eigenvalue weighted by molar-refractivity contribution is 7.89. The summed E-state index contributed by atoms with van der Waals surface area (Å²) in [6.45, 7) is 4.92. The van der Waals surface area contributed by atoms with Crippen LogP contribution in [0, 0.1) is 0 Å². The van der Waals surface area contributed by atoms with Crippen LogP contribution >= 0.6 is 0 Å². The molecule has 6 nitrogen and oxygen atoms in total. The number of sulfonamides is 1. The van der Waals surface area contributed by atoms with Crippen LogP contribution in [0.1, 0.15) is 24.8 Å². The van der Waals surface area contributed by atoms with E-state index in [0.29, 0.717) is 50.1 Å². The molecule has 0 aliphatic carbocycles. The topological polar surface area (TPSA) is 69.7 Å². The monoisotopic (exact) mass is 415 g/mol. The molecule has 1 amide bonds. The Kier molecular flexibility index (Phi) is 7.41. The highest BCUT2D eigenvalue weighted by Gasteiger charge is 2.28. The Balaban J connectivity index is 1.46. The Bertz CT molecular complexity index is 880. The van der Waals surface area contributed by atoms with Crippen molar-refractivity contribution in [3.05, 3.63) is 66.2 Å². The highest BCUT2D eigenvalue weighted by Crippen LogP contribution is 2.18. The van der Waals surface area contributed by atoms with Gasteiger partial charge in [-0.25, -0.2) is 8.42 Å². The van der Waals surface area contributed by atoms with Crippen LogP contribution in [0.3, 0.4) is 0 Å². The Morgan fingerprint density at radius 3 is 2.14 bits per heavy atom. The molecule has 0 unspecified atom stereocenters. The molecule has 0 bridgehead atoms. The van der Waals surface area contributed by atoms with E-state index in [0.717, 1.165) is 6.42 Å². The zero-order valence-corrected chi connectivity index (χ0v) is 17.6. The van der Waals surface area contributed by atoms with Crippen molar-refractivity contribution in [3.63, 3.8) is 0 Å². The molecular formula is C22H29N3O3S. The maximum atomic E-state index is 12.7. The van der Waals surface area contributed by atoms with Crippen molar-refractivity contribution in [2.24, 2.45) is 0 Å². The third kappa shape index (κ3) is 5.65. The summed E-state index contributed by atoms with van der Waals surface area (Å²) < 4.78 is 26.9. The van der Waals surface area contributed by atoms with Gasteiger partial charge in [0.1, 0.15) is 0 Å². The normalized spacial score (nSPS) is 17.0. The van der Waals surface area contributed by atoms with Gasteiger partial charge in [-0.15, -0.1) is 0 Å². The lowest BCUT2D eigenvalue weighted by Gasteiger charge is -2.33. The third-order valence-corrected chi connectivity index (χ3v) is 7.30. The van der Waals surface area contributed by atoms with Crippen molar-refractivity contribution in [2.75, 3.05) is 39.3 Å². The molecule has 3 rings (SSSR count). The summed E-state index contributed by atoms with van der Waals surface area (Å²) in [7, 11) is -3.46. The van der Waals surface area contributed by atoms with Crippen molar-refractivity contribution in [1.82, 2.24) is 14.5 Å². The first kappa shape index (κ1) is 21.5. The smallest absolute Gasteiger partial charge is 0.243 e. The molecule has 2 aromatic carbocycles. The third-order valence-electron chi connectivity index (χ3n) is 5.39. The van der Waals surface area contributed by atoms with Crippen LogP contribution in [-0.2, 0) is 14.8 Å². The van der Waals surface area contributed by atoms with Gasteiger partial charge in [-0.1, -0.05) is 55.5 Å². The van der Waals surface area contributed by atoms with E-state index in [9.17, 15) is 13.2 Å². The van der Waals surface area contributed by atoms with Crippen LogP contribution in [0.4, 0.5) is 0 Å². The molecule has 0 saturated carbocycles. The summed E-state index contributed by atoms with van der Waals surface area (Å²) in [5.74, 6) is 0.284. The first-order valence-corrected chi connectivity index (χ1v) is 11.5. The number of piperazine rings is 1. The summed E-state index contributed by atoms with van der Waals surface area (Å²) in [4.78, 5) is 14.7. The molecular weight excluding hydrogens is 386 g/mol. The van der Waals surface area contributed by atoms with Crippen LogP contribution in [0.25, 0.3) is 0 Å². The van der Waals surface area contributed by atoms with Crippen molar-refractivity contribution >= 4 is 15.9 Å². The first-order valence-electron chi connectivity index (χ1n) is 10.1. The number of nitrogens with zero attached hydrogens (tertiary/aromatic N) is 2. The predicted octanol–water partition coefficient (Wildman–Crippen LogP) is 2.30. The molecule has 1 N–H and O–H groups in total. The summed E-state index contributed by atoms with van der Waals surface area (Å²) >= 11 is 0. The quantitative estimate of drug-likeness (QED) is 0.718. The zero-order chi connectivity index (χ0) is 20.7. The SMILES string of the molecule is CC[C@H](CNC(=O)CN1CCN(S(=O)(=O)c2ccccc2)CC1)c1ccccc1. The molecule has 0 radical (unpaired) electrons. The maximum Gasteiger partial charge on any atom is 0.243 e. The van der Waals surface area contributed by atoms with E-state index in [1.54, 1.807) is 30.3 Å². The molecule has 1 aliphatic rings. The van der Waals surface area contributed by atoms with E-state index >= 15 is 0 Å². The fourth-order valence-corrected chi connectivity index (χ4v) is 5.03. The summed E-state index contributed by atoms with van der Waals surface area (Å²) in [5.41, 5.74) is 1.23.